The van der Waals surface area contributed by atoms with Crippen molar-refractivity contribution in [3.8, 4) is 0 Å². The van der Waals surface area contributed by atoms with Gasteiger partial charge in [0.1, 0.15) is 0 Å². The molecule has 0 amide bonds. The molecule has 0 spiro atoms. The van der Waals surface area contributed by atoms with Crippen LogP contribution in [0.2, 0.25) is 0 Å². The number of carboxylic acids is 1. The molecule has 42 heavy (non-hydrogen) atoms. The topological polar surface area (TPSA) is 52.6 Å². The minimum absolute atomic E-state index is 0.346. The van der Waals surface area contributed by atoms with Gasteiger partial charge in [0, 0.05) is 19.5 Å². The molecule has 0 aliphatic rings. The summed E-state index contributed by atoms with van der Waals surface area (Å²) in [5, 5.41) is 12.1. The second-order valence-corrected chi connectivity index (χ2v) is 12.8. The maximum absolute atomic E-state index is 10.4. The predicted octanol–water partition coefficient (Wildman–Crippen LogP) is 12.0. The Balaban J connectivity index is 0. The monoisotopic (exact) mass is 597 g/mol. The lowest BCUT2D eigenvalue weighted by Gasteiger charge is -2.17. The molecule has 0 aromatic heterocycles. The zero-order valence-electron chi connectivity index (χ0n) is 29.6. The van der Waals surface area contributed by atoms with E-state index in [1.807, 2.05) is 0 Å². The molecule has 0 atom stereocenters. The molecule has 254 valence electrons. The number of nitrogens with one attached hydrogen (secondary N) is 1. The highest BCUT2D eigenvalue weighted by Crippen LogP contribution is 2.15. The molecule has 4 nitrogen and oxygen atoms in total. The molecule has 2 N–H and O–H groups in total. The molecule has 0 heterocycles. The van der Waals surface area contributed by atoms with Crippen LogP contribution in [0.1, 0.15) is 207 Å². The lowest BCUT2D eigenvalue weighted by Crippen LogP contribution is -2.32. The molecule has 0 unspecified atom stereocenters. The zero-order valence-corrected chi connectivity index (χ0v) is 29.6. The van der Waals surface area contributed by atoms with Crippen molar-refractivity contribution in [2.45, 2.75) is 207 Å². The molecule has 0 aromatic rings. The van der Waals surface area contributed by atoms with Crippen LogP contribution >= 0.6 is 0 Å². The Morgan fingerprint density at radius 2 is 0.762 bits per heavy atom. The molecule has 0 rings (SSSR count). The lowest BCUT2D eigenvalue weighted by molar-refractivity contribution is -0.137. The molecule has 0 fully saturated rings. The van der Waals surface area contributed by atoms with Gasteiger partial charge in [-0.2, -0.15) is 0 Å². The van der Waals surface area contributed by atoms with Gasteiger partial charge in [-0.15, -0.1) is 0 Å². The zero-order chi connectivity index (χ0) is 31.2. The van der Waals surface area contributed by atoms with Gasteiger partial charge in [-0.3, -0.25) is 4.79 Å². The molecule has 4 heteroatoms. The second kappa shape index (κ2) is 40.4. The lowest BCUT2D eigenvalue weighted by atomic mass is 10.0. The molecule has 0 aromatic carbocycles. The fourth-order valence-corrected chi connectivity index (χ4v) is 5.64. The van der Waals surface area contributed by atoms with Gasteiger partial charge in [0.05, 0.1) is 0 Å². The Bertz CT molecular complexity index is 482. The van der Waals surface area contributed by atoms with Gasteiger partial charge in [0.25, 0.3) is 0 Å². The Morgan fingerprint density at radius 3 is 1.07 bits per heavy atom. The summed E-state index contributed by atoms with van der Waals surface area (Å²) >= 11 is 0. The minimum Gasteiger partial charge on any atom is -0.481 e. The summed E-state index contributed by atoms with van der Waals surface area (Å²) in [6.45, 7) is 14.9. The summed E-state index contributed by atoms with van der Waals surface area (Å²) in [7, 11) is 0. The van der Waals surface area contributed by atoms with E-state index >= 15 is 0 Å². The first-order chi connectivity index (χ1) is 20.6. The van der Waals surface area contributed by atoms with Crippen molar-refractivity contribution >= 4 is 5.97 Å². The van der Waals surface area contributed by atoms with Gasteiger partial charge < -0.3 is 15.3 Å². The maximum Gasteiger partial charge on any atom is 0.303 e. The summed E-state index contributed by atoms with van der Waals surface area (Å²) in [6.07, 6.45) is 37.4. The Hall–Kier alpha value is -0.610. The van der Waals surface area contributed by atoms with Gasteiger partial charge in [0.2, 0.25) is 0 Å². The van der Waals surface area contributed by atoms with E-state index < -0.39 is 5.97 Å². The van der Waals surface area contributed by atoms with Crippen LogP contribution in [-0.4, -0.2) is 48.7 Å². The number of hydrogen-bond acceptors (Lipinski definition) is 3. The smallest absolute Gasteiger partial charge is 0.303 e. The highest BCUT2D eigenvalue weighted by atomic mass is 16.4. The SMILES string of the molecule is CCCCCCCCCCCCCCCCCCCCCC(=O)O.CCCCCCCCCCNCCN(CC)CC. The van der Waals surface area contributed by atoms with E-state index in [4.69, 9.17) is 5.11 Å². The second-order valence-electron chi connectivity index (χ2n) is 12.8. The summed E-state index contributed by atoms with van der Waals surface area (Å²) < 4.78 is 0. The number of rotatable bonds is 34. The van der Waals surface area contributed by atoms with E-state index in [0.717, 1.165) is 19.4 Å². The molecular formula is C38H80N2O2. The molecule has 0 aliphatic heterocycles. The van der Waals surface area contributed by atoms with E-state index in [-0.39, 0.29) is 0 Å². The van der Waals surface area contributed by atoms with E-state index in [0.29, 0.717) is 6.42 Å². The van der Waals surface area contributed by atoms with E-state index in [2.05, 4.69) is 37.9 Å². The number of carbonyl (C=O) groups is 1. The third-order valence-electron chi connectivity index (χ3n) is 8.70. The first-order valence-electron chi connectivity index (χ1n) is 19.3. The summed E-state index contributed by atoms with van der Waals surface area (Å²) in [4.78, 5) is 12.9. The average molecular weight is 597 g/mol. The van der Waals surface area contributed by atoms with E-state index in [9.17, 15) is 4.79 Å². The van der Waals surface area contributed by atoms with Gasteiger partial charge in [-0.25, -0.2) is 0 Å². The van der Waals surface area contributed by atoms with Gasteiger partial charge in [-0.05, 0) is 32.5 Å². The standard InChI is InChI=1S/C22H44O2.C16H36N2/c1-2-3-4-5-6-7-8-9-10-11-12-13-14-15-16-17-18-19-20-21-22(23)24;1-4-7-8-9-10-11-12-13-14-17-15-16-18(5-2)6-3/h2-21H2,1H3,(H,23,24);17H,4-16H2,1-3H3. The van der Waals surface area contributed by atoms with Crippen LogP contribution in [0.15, 0.2) is 0 Å². The van der Waals surface area contributed by atoms with Crippen LogP contribution < -0.4 is 5.32 Å². The molecule has 0 saturated carbocycles. The third-order valence-corrected chi connectivity index (χ3v) is 8.70. The van der Waals surface area contributed by atoms with Crippen LogP contribution in [-0.2, 0) is 4.79 Å². The van der Waals surface area contributed by atoms with Crippen LogP contribution in [0.4, 0.5) is 0 Å². The highest BCUT2D eigenvalue weighted by molar-refractivity contribution is 5.66. The summed E-state index contributed by atoms with van der Waals surface area (Å²) in [6, 6.07) is 0. The predicted molar refractivity (Wildman–Crippen MR) is 189 cm³/mol. The van der Waals surface area contributed by atoms with E-state index in [1.54, 1.807) is 0 Å². The molecule has 0 saturated heterocycles. The minimum atomic E-state index is -0.651. The maximum atomic E-state index is 10.4. The Kier molecular flexibility index (Phi) is 41.9. The number of likely N-dealkylation sites (N-methyl/N-ethyl adjacent to an activating group) is 1. The Morgan fingerprint density at radius 1 is 0.452 bits per heavy atom. The first-order valence-corrected chi connectivity index (χ1v) is 19.3. The number of aliphatic carboxylic acids is 1. The van der Waals surface area contributed by atoms with E-state index in [1.165, 1.54) is 187 Å². The fourth-order valence-electron chi connectivity index (χ4n) is 5.64. The summed E-state index contributed by atoms with van der Waals surface area (Å²) in [5.41, 5.74) is 0. The van der Waals surface area contributed by atoms with Crippen molar-refractivity contribution in [1.29, 1.82) is 0 Å². The van der Waals surface area contributed by atoms with Gasteiger partial charge >= 0.3 is 5.97 Å². The highest BCUT2D eigenvalue weighted by Gasteiger charge is 1.99. The molecule has 0 radical (unpaired) electrons. The van der Waals surface area contributed by atoms with Crippen molar-refractivity contribution in [3.63, 3.8) is 0 Å². The van der Waals surface area contributed by atoms with Crippen LogP contribution in [0.25, 0.3) is 0 Å². The number of hydrogen-bond donors (Lipinski definition) is 2. The fraction of sp³-hybridized carbons (Fsp3) is 0.974. The third kappa shape index (κ3) is 41.5. The largest absolute Gasteiger partial charge is 0.481 e. The van der Waals surface area contributed by atoms with Crippen molar-refractivity contribution in [3.05, 3.63) is 0 Å². The molecule has 0 aliphatic carbocycles. The Labute approximate surface area is 266 Å². The van der Waals surface area contributed by atoms with Crippen LogP contribution in [0, 0.1) is 0 Å². The van der Waals surface area contributed by atoms with Crippen molar-refractivity contribution in [1.82, 2.24) is 10.2 Å². The number of carboxylic acid groups (broad SMARTS) is 1. The van der Waals surface area contributed by atoms with Gasteiger partial charge in [-0.1, -0.05) is 188 Å². The number of nitrogens with zero attached hydrogens (tertiary/aromatic N) is 1. The van der Waals surface area contributed by atoms with Crippen LogP contribution in [0.3, 0.4) is 0 Å². The normalized spacial score (nSPS) is 11.2. The van der Waals surface area contributed by atoms with Crippen molar-refractivity contribution in [2.75, 3.05) is 32.7 Å². The average Bonchev–Trinajstić information content (AvgIpc) is 2.99. The van der Waals surface area contributed by atoms with Crippen molar-refractivity contribution < 1.29 is 9.90 Å². The first kappa shape index (κ1) is 43.5. The molecule has 0 bridgehead atoms. The quantitative estimate of drug-likeness (QED) is 0.0725. The van der Waals surface area contributed by atoms with Crippen LogP contribution in [0.5, 0.6) is 0 Å². The summed E-state index contributed by atoms with van der Waals surface area (Å²) in [5.74, 6) is -0.651. The van der Waals surface area contributed by atoms with Gasteiger partial charge in [0.15, 0.2) is 0 Å². The number of unbranched alkanes of at least 4 members (excludes halogenated alkanes) is 25. The van der Waals surface area contributed by atoms with Crippen molar-refractivity contribution in [2.24, 2.45) is 0 Å². The molecular weight excluding hydrogens is 516 g/mol.